The normalized spacial score (nSPS) is 12.4. The third-order valence-corrected chi connectivity index (χ3v) is 2.34. The van der Waals surface area contributed by atoms with Crippen molar-refractivity contribution >= 4 is 0 Å². The molecule has 0 saturated carbocycles. The molecule has 1 heteroatoms. The maximum Gasteiger partial charge on any atom is 0.150 e. The smallest absolute Gasteiger partial charge is 0.150 e. The third-order valence-electron chi connectivity index (χ3n) is 2.34. The number of alkyl halides is 1. The second kappa shape index (κ2) is 4.26. The first-order valence-electron chi connectivity index (χ1n) is 4.88. The van der Waals surface area contributed by atoms with Gasteiger partial charge in [0.1, 0.15) is 0 Å². The van der Waals surface area contributed by atoms with Crippen molar-refractivity contribution in [1.82, 2.24) is 0 Å². The average molecular weight is 199 g/mol. The Morgan fingerprint density at radius 1 is 0.867 bits per heavy atom. The van der Waals surface area contributed by atoms with Crippen molar-refractivity contribution < 1.29 is 4.39 Å². The van der Waals surface area contributed by atoms with Gasteiger partial charge in [-0.1, -0.05) is 54.6 Å². The Hall–Kier alpha value is -1.63. The van der Waals surface area contributed by atoms with Crippen LogP contribution in [0.15, 0.2) is 54.6 Å². The number of halogens is 1. The molecular formula is C14H12F. The van der Waals surface area contributed by atoms with Crippen molar-refractivity contribution in [3.63, 3.8) is 0 Å². The minimum absolute atomic E-state index is 0.661. The second-order valence-electron chi connectivity index (χ2n) is 3.52. The molecule has 0 nitrogen and oxygen atoms in total. The number of rotatable bonds is 2. The molecule has 0 aromatic heterocycles. The van der Waals surface area contributed by atoms with E-state index in [0.717, 1.165) is 5.56 Å². The fraction of sp³-hybridized carbons (Fsp3) is 0.0714. The standard InChI is InChI=1S/C14H12F/c1-11-6-5-9-13(10-11)14(15)12-7-3-2-4-8-12/h2-10,14H,1H2. The van der Waals surface area contributed by atoms with Gasteiger partial charge in [0.15, 0.2) is 6.17 Å². The Morgan fingerprint density at radius 2 is 1.53 bits per heavy atom. The van der Waals surface area contributed by atoms with E-state index in [0.29, 0.717) is 11.1 Å². The zero-order chi connectivity index (χ0) is 10.7. The first-order chi connectivity index (χ1) is 7.27. The monoisotopic (exact) mass is 199 g/mol. The highest BCUT2D eigenvalue weighted by atomic mass is 19.1. The summed E-state index contributed by atoms with van der Waals surface area (Å²) < 4.78 is 14.0. The van der Waals surface area contributed by atoms with Gasteiger partial charge in [0, 0.05) is 0 Å². The van der Waals surface area contributed by atoms with E-state index in [9.17, 15) is 4.39 Å². The van der Waals surface area contributed by atoms with Gasteiger partial charge >= 0.3 is 0 Å². The van der Waals surface area contributed by atoms with E-state index in [2.05, 4.69) is 6.92 Å². The molecule has 0 saturated heterocycles. The van der Waals surface area contributed by atoms with Gasteiger partial charge in [-0.25, -0.2) is 4.39 Å². The van der Waals surface area contributed by atoms with Crippen LogP contribution in [0.25, 0.3) is 0 Å². The van der Waals surface area contributed by atoms with E-state index >= 15 is 0 Å². The lowest BCUT2D eigenvalue weighted by Crippen LogP contribution is -1.94. The van der Waals surface area contributed by atoms with Crippen molar-refractivity contribution in [2.75, 3.05) is 0 Å². The molecule has 0 aliphatic heterocycles. The molecule has 0 aliphatic carbocycles. The van der Waals surface area contributed by atoms with E-state index in [1.807, 2.05) is 30.3 Å². The Kier molecular flexibility index (Phi) is 2.82. The summed E-state index contributed by atoms with van der Waals surface area (Å²) in [4.78, 5) is 0. The molecule has 15 heavy (non-hydrogen) atoms. The van der Waals surface area contributed by atoms with Gasteiger partial charge < -0.3 is 0 Å². The van der Waals surface area contributed by atoms with Crippen LogP contribution >= 0.6 is 0 Å². The quantitative estimate of drug-likeness (QED) is 0.687. The van der Waals surface area contributed by atoms with E-state index < -0.39 is 6.17 Å². The highest BCUT2D eigenvalue weighted by molar-refractivity contribution is 5.33. The van der Waals surface area contributed by atoms with E-state index in [1.54, 1.807) is 24.3 Å². The van der Waals surface area contributed by atoms with Gasteiger partial charge in [-0.05, 0) is 23.6 Å². The lowest BCUT2D eigenvalue weighted by Gasteiger charge is -2.09. The van der Waals surface area contributed by atoms with Crippen molar-refractivity contribution in [1.29, 1.82) is 0 Å². The number of benzene rings is 2. The number of hydrogen-bond acceptors (Lipinski definition) is 0. The molecule has 1 unspecified atom stereocenters. The summed E-state index contributed by atoms with van der Waals surface area (Å²) in [6.45, 7) is 3.79. The molecule has 2 rings (SSSR count). The van der Waals surface area contributed by atoms with Crippen LogP contribution in [0, 0.1) is 6.92 Å². The summed E-state index contributed by atoms with van der Waals surface area (Å²) in [6, 6.07) is 16.4. The minimum Gasteiger partial charge on any atom is -0.237 e. The molecule has 2 aromatic rings. The molecule has 2 aromatic carbocycles. The van der Waals surface area contributed by atoms with Gasteiger partial charge in [-0.2, -0.15) is 0 Å². The van der Waals surface area contributed by atoms with Crippen LogP contribution < -0.4 is 0 Å². The Morgan fingerprint density at radius 3 is 2.20 bits per heavy atom. The molecule has 0 spiro atoms. The maximum absolute atomic E-state index is 14.0. The van der Waals surface area contributed by atoms with Gasteiger partial charge in [-0.15, -0.1) is 0 Å². The SMILES string of the molecule is [CH2]c1cccc(C(F)c2ccccc2)c1. The summed E-state index contributed by atoms with van der Waals surface area (Å²) >= 11 is 0. The lowest BCUT2D eigenvalue weighted by molar-refractivity contribution is 0.402. The summed E-state index contributed by atoms with van der Waals surface area (Å²) in [5, 5.41) is 0. The molecule has 1 atom stereocenters. The van der Waals surface area contributed by atoms with Crippen LogP contribution in [0.2, 0.25) is 0 Å². The van der Waals surface area contributed by atoms with E-state index in [1.165, 1.54) is 0 Å². The molecule has 0 fully saturated rings. The summed E-state index contributed by atoms with van der Waals surface area (Å²) in [5.74, 6) is 0. The minimum atomic E-state index is -1.06. The molecule has 1 radical (unpaired) electrons. The Balaban J connectivity index is 2.32. The predicted molar refractivity (Wildman–Crippen MR) is 60.3 cm³/mol. The second-order valence-corrected chi connectivity index (χ2v) is 3.52. The van der Waals surface area contributed by atoms with Crippen molar-refractivity contribution in [2.45, 2.75) is 6.17 Å². The van der Waals surface area contributed by atoms with Crippen LogP contribution in [0.4, 0.5) is 4.39 Å². The van der Waals surface area contributed by atoms with Crippen LogP contribution in [-0.4, -0.2) is 0 Å². The third kappa shape index (κ3) is 2.24. The highest BCUT2D eigenvalue weighted by Crippen LogP contribution is 2.25. The zero-order valence-corrected chi connectivity index (χ0v) is 8.36. The molecule has 0 aliphatic rings. The van der Waals surface area contributed by atoms with Crippen LogP contribution in [0.1, 0.15) is 22.9 Å². The summed E-state index contributed by atoms with van der Waals surface area (Å²) in [7, 11) is 0. The molecule has 0 N–H and O–H groups in total. The van der Waals surface area contributed by atoms with Gasteiger partial charge in [0.2, 0.25) is 0 Å². The van der Waals surface area contributed by atoms with Gasteiger partial charge in [0.05, 0.1) is 0 Å². The maximum atomic E-state index is 14.0. The van der Waals surface area contributed by atoms with Gasteiger partial charge in [-0.3, -0.25) is 0 Å². The van der Waals surface area contributed by atoms with E-state index in [4.69, 9.17) is 0 Å². The first-order valence-corrected chi connectivity index (χ1v) is 4.88. The van der Waals surface area contributed by atoms with Gasteiger partial charge in [0.25, 0.3) is 0 Å². The topological polar surface area (TPSA) is 0 Å². The van der Waals surface area contributed by atoms with E-state index in [-0.39, 0.29) is 0 Å². The zero-order valence-electron chi connectivity index (χ0n) is 8.36. The highest BCUT2D eigenvalue weighted by Gasteiger charge is 2.11. The van der Waals surface area contributed by atoms with Crippen molar-refractivity contribution in [3.05, 3.63) is 78.2 Å². The first kappa shape index (κ1) is 9.91. The fourth-order valence-corrected chi connectivity index (χ4v) is 1.57. The lowest BCUT2D eigenvalue weighted by atomic mass is 10.0. The molecular weight excluding hydrogens is 187 g/mol. The summed E-state index contributed by atoms with van der Waals surface area (Å²) in [5.41, 5.74) is 2.18. The summed E-state index contributed by atoms with van der Waals surface area (Å²) in [6.07, 6.45) is -1.06. The van der Waals surface area contributed by atoms with Crippen LogP contribution in [-0.2, 0) is 0 Å². The molecule has 0 heterocycles. The largest absolute Gasteiger partial charge is 0.237 e. The molecule has 0 amide bonds. The molecule has 0 bridgehead atoms. The predicted octanol–water partition coefficient (Wildman–Crippen LogP) is 3.93. The Labute approximate surface area is 89.4 Å². The van der Waals surface area contributed by atoms with Crippen molar-refractivity contribution in [3.8, 4) is 0 Å². The average Bonchev–Trinajstić information content (AvgIpc) is 2.29. The Bertz CT molecular complexity index is 434. The fourth-order valence-electron chi connectivity index (χ4n) is 1.57. The molecule has 75 valence electrons. The van der Waals surface area contributed by atoms with Crippen LogP contribution in [0.3, 0.4) is 0 Å². The van der Waals surface area contributed by atoms with Crippen molar-refractivity contribution in [2.24, 2.45) is 0 Å². The van der Waals surface area contributed by atoms with Crippen LogP contribution in [0.5, 0.6) is 0 Å². The number of hydrogen-bond donors (Lipinski definition) is 0.